The monoisotopic (exact) mass is 485 g/mol. The number of halogens is 1. The van der Waals surface area contributed by atoms with Crippen LogP contribution in [0.2, 0.25) is 0 Å². The summed E-state index contributed by atoms with van der Waals surface area (Å²) < 4.78 is 19.3. The first-order valence-corrected chi connectivity index (χ1v) is 11.8. The molecular weight excluding hydrogens is 453 g/mol. The van der Waals surface area contributed by atoms with Crippen molar-refractivity contribution in [3.63, 3.8) is 0 Å². The Labute approximate surface area is 204 Å². The molecule has 35 heavy (non-hydrogen) atoms. The average Bonchev–Trinajstić information content (AvgIpc) is 3.26. The molecule has 2 heterocycles. The molecule has 1 aromatic carbocycles. The lowest BCUT2D eigenvalue weighted by Crippen LogP contribution is -2.38. The molecule has 1 aliphatic rings. The van der Waals surface area contributed by atoms with E-state index in [1.165, 1.54) is 23.1 Å². The molecule has 1 atom stereocenters. The fraction of sp³-hybridized carbons (Fsp3) is 0.423. The van der Waals surface area contributed by atoms with Crippen LogP contribution in [0.25, 0.3) is 5.76 Å². The van der Waals surface area contributed by atoms with Crippen molar-refractivity contribution >= 4 is 23.4 Å². The predicted molar refractivity (Wildman–Crippen MR) is 129 cm³/mol. The largest absolute Gasteiger partial charge is 0.507 e. The molecule has 1 fully saturated rings. The lowest BCUT2D eigenvalue weighted by Gasteiger charge is -2.28. The molecule has 188 valence electrons. The summed E-state index contributed by atoms with van der Waals surface area (Å²) in [4.78, 5) is 45.1. The number of carbonyl (C=O) groups is 3. The van der Waals surface area contributed by atoms with Crippen LogP contribution in [0.1, 0.15) is 59.7 Å². The SMILES string of the molecule is CCOC(=O)c1[nH]c(C)c(C(O)=C2C(=O)C(=O)N(CCN(CC)CC)C2c2cccc(F)c2)c1C. The number of esters is 1. The summed E-state index contributed by atoms with van der Waals surface area (Å²) in [5.41, 5.74) is 1.48. The molecule has 2 N–H and O–H groups in total. The number of aliphatic hydroxyl groups excluding tert-OH is 1. The minimum absolute atomic E-state index is 0.138. The third-order valence-electron chi connectivity index (χ3n) is 6.41. The van der Waals surface area contributed by atoms with Crippen LogP contribution in [0.5, 0.6) is 0 Å². The Bertz CT molecular complexity index is 1170. The van der Waals surface area contributed by atoms with Gasteiger partial charge in [-0.05, 0) is 57.1 Å². The van der Waals surface area contributed by atoms with Gasteiger partial charge in [0.2, 0.25) is 0 Å². The molecule has 0 bridgehead atoms. The van der Waals surface area contributed by atoms with Gasteiger partial charge in [0.25, 0.3) is 11.7 Å². The Morgan fingerprint density at radius 3 is 2.49 bits per heavy atom. The summed E-state index contributed by atoms with van der Waals surface area (Å²) in [5, 5.41) is 11.4. The number of aromatic nitrogens is 1. The fourth-order valence-electron chi connectivity index (χ4n) is 4.57. The number of hydrogen-bond donors (Lipinski definition) is 2. The number of likely N-dealkylation sites (tertiary alicyclic amines) is 1. The van der Waals surface area contributed by atoms with E-state index < -0.39 is 35.3 Å². The lowest BCUT2D eigenvalue weighted by molar-refractivity contribution is -0.140. The van der Waals surface area contributed by atoms with Gasteiger partial charge in [0, 0.05) is 24.3 Å². The number of H-pyrrole nitrogens is 1. The highest BCUT2D eigenvalue weighted by molar-refractivity contribution is 6.46. The highest BCUT2D eigenvalue weighted by Crippen LogP contribution is 2.41. The molecule has 1 aliphatic heterocycles. The maximum atomic E-state index is 14.2. The van der Waals surface area contributed by atoms with Gasteiger partial charge in [0.05, 0.1) is 18.2 Å². The van der Waals surface area contributed by atoms with E-state index in [1.807, 2.05) is 13.8 Å². The van der Waals surface area contributed by atoms with Gasteiger partial charge in [-0.2, -0.15) is 0 Å². The van der Waals surface area contributed by atoms with Gasteiger partial charge in [-0.1, -0.05) is 26.0 Å². The van der Waals surface area contributed by atoms with Crippen LogP contribution in [0, 0.1) is 19.7 Å². The van der Waals surface area contributed by atoms with Gasteiger partial charge in [-0.15, -0.1) is 0 Å². The minimum atomic E-state index is -0.971. The van der Waals surface area contributed by atoms with Gasteiger partial charge in [-0.25, -0.2) is 9.18 Å². The first kappa shape index (κ1) is 26.2. The van der Waals surface area contributed by atoms with E-state index in [0.717, 1.165) is 13.1 Å². The predicted octanol–water partition coefficient (Wildman–Crippen LogP) is 3.71. The molecule has 0 radical (unpaired) electrons. The molecule has 1 saturated heterocycles. The number of nitrogens with one attached hydrogen (secondary N) is 1. The number of likely N-dealkylation sites (N-methyl/N-ethyl adjacent to an activating group) is 1. The second-order valence-corrected chi connectivity index (χ2v) is 8.42. The van der Waals surface area contributed by atoms with Crippen LogP contribution >= 0.6 is 0 Å². The van der Waals surface area contributed by atoms with Crippen molar-refractivity contribution in [2.24, 2.45) is 0 Å². The Kier molecular flexibility index (Phi) is 8.11. The highest BCUT2D eigenvalue weighted by atomic mass is 19.1. The zero-order valence-electron chi connectivity index (χ0n) is 20.8. The number of hydrogen-bond acceptors (Lipinski definition) is 6. The number of aryl methyl sites for hydroxylation is 1. The van der Waals surface area contributed by atoms with E-state index in [1.54, 1.807) is 26.8 Å². The van der Waals surface area contributed by atoms with Gasteiger partial charge in [0.15, 0.2) is 0 Å². The summed E-state index contributed by atoms with van der Waals surface area (Å²) in [5.74, 6) is -3.13. The zero-order chi connectivity index (χ0) is 25.9. The van der Waals surface area contributed by atoms with Crippen molar-refractivity contribution in [3.05, 3.63) is 63.7 Å². The summed E-state index contributed by atoms with van der Waals surface area (Å²) in [6, 6.07) is 4.69. The number of nitrogens with zero attached hydrogens (tertiary/aromatic N) is 2. The number of carbonyl (C=O) groups excluding carboxylic acids is 3. The summed E-state index contributed by atoms with van der Waals surface area (Å²) in [6.45, 7) is 11.4. The van der Waals surface area contributed by atoms with Crippen LogP contribution in [0.4, 0.5) is 4.39 Å². The normalized spacial score (nSPS) is 17.5. The quantitative estimate of drug-likeness (QED) is 0.243. The Hall–Kier alpha value is -3.46. The van der Waals surface area contributed by atoms with Gasteiger partial charge >= 0.3 is 5.97 Å². The van der Waals surface area contributed by atoms with E-state index in [-0.39, 0.29) is 30.0 Å². The van der Waals surface area contributed by atoms with Crippen LogP contribution in [-0.2, 0) is 14.3 Å². The molecular formula is C26H32FN3O5. The van der Waals surface area contributed by atoms with E-state index in [9.17, 15) is 23.9 Å². The number of ether oxygens (including phenoxy) is 1. The maximum Gasteiger partial charge on any atom is 0.355 e. The lowest BCUT2D eigenvalue weighted by atomic mass is 9.94. The topological polar surface area (TPSA) is 103 Å². The van der Waals surface area contributed by atoms with E-state index in [2.05, 4.69) is 9.88 Å². The molecule has 1 amide bonds. The number of ketones is 1. The molecule has 1 unspecified atom stereocenters. The average molecular weight is 486 g/mol. The highest BCUT2D eigenvalue weighted by Gasteiger charge is 2.46. The number of aliphatic hydroxyl groups is 1. The molecule has 8 nitrogen and oxygen atoms in total. The molecule has 2 aromatic rings. The van der Waals surface area contributed by atoms with Gasteiger partial charge in [-0.3, -0.25) is 9.59 Å². The number of rotatable bonds is 9. The molecule has 3 rings (SSSR count). The second kappa shape index (κ2) is 10.9. The van der Waals surface area contributed by atoms with Crippen molar-refractivity contribution in [2.45, 2.75) is 40.7 Å². The van der Waals surface area contributed by atoms with Crippen LogP contribution in [0.15, 0.2) is 29.8 Å². The molecule has 0 spiro atoms. The van der Waals surface area contributed by atoms with Crippen molar-refractivity contribution in [1.29, 1.82) is 0 Å². The Balaban J connectivity index is 2.17. The minimum Gasteiger partial charge on any atom is -0.507 e. The number of Topliss-reactive ketones (excluding diaryl/α,β-unsaturated/α-hetero) is 1. The van der Waals surface area contributed by atoms with Crippen LogP contribution < -0.4 is 0 Å². The summed E-state index contributed by atoms with van der Waals surface area (Å²) in [6.07, 6.45) is 0. The van der Waals surface area contributed by atoms with Gasteiger partial charge < -0.3 is 24.6 Å². The number of amides is 1. The Morgan fingerprint density at radius 2 is 1.89 bits per heavy atom. The van der Waals surface area contributed by atoms with Gasteiger partial charge in [0.1, 0.15) is 17.3 Å². The molecule has 0 saturated carbocycles. The van der Waals surface area contributed by atoms with E-state index in [0.29, 0.717) is 23.4 Å². The summed E-state index contributed by atoms with van der Waals surface area (Å²) in [7, 11) is 0. The standard InChI is InChI=1S/C26H32FN3O5/c1-6-29(7-2)12-13-30-22(17-10-9-11-18(27)14-17)20(24(32)25(30)33)23(31)19-15(4)21(28-16(19)5)26(34)35-8-3/h9-11,14,22,28,31H,6-8,12-13H2,1-5H3. The van der Waals surface area contributed by atoms with Crippen LogP contribution in [0.3, 0.4) is 0 Å². The molecule has 0 aliphatic carbocycles. The third kappa shape index (κ3) is 5.00. The third-order valence-corrected chi connectivity index (χ3v) is 6.41. The maximum absolute atomic E-state index is 14.2. The molecule has 9 heteroatoms. The van der Waals surface area contributed by atoms with E-state index in [4.69, 9.17) is 4.74 Å². The smallest absolute Gasteiger partial charge is 0.355 e. The van der Waals surface area contributed by atoms with Crippen LogP contribution in [-0.4, -0.2) is 70.3 Å². The fourth-order valence-corrected chi connectivity index (χ4v) is 4.57. The van der Waals surface area contributed by atoms with Crippen molar-refractivity contribution in [3.8, 4) is 0 Å². The first-order chi connectivity index (χ1) is 16.7. The molecule has 1 aromatic heterocycles. The number of benzene rings is 1. The van der Waals surface area contributed by atoms with Crippen molar-refractivity contribution in [1.82, 2.24) is 14.8 Å². The van der Waals surface area contributed by atoms with Crippen molar-refractivity contribution in [2.75, 3.05) is 32.8 Å². The second-order valence-electron chi connectivity index (χ2n) is 8.42. The van der Waals surface area contributed by atoms with E-state index >= 15 is 0 Å². The number of aromatic amines is 1. The zero-order valence-corrected chi connectivity index (χ0v) is 20.8. The summed E-state index contributed by atoms with van der Waals surface area (Å²) >= 11 is 0. The first-order valence-electron chi connectivity index (χ1n) is 11.8. The van der Waals surface area contributed by atoms with Crippen molar-refractivity contribution < 1.29 is 28.6 Å². The Morgan fingerprint density at radius 1 is 1.20 bits per heavy atom.